The van der Waals surface area contributed by atoms with Gasteiger partial charge in [-0.25, -0.2) is 9.50 Å². The van der Waals surface area contributed by atoms with E-state index in [-0.39, 0.29) is 35.8 Å². The average Bonchev–Trinajstić information content (AvgIpc) is 2.99. The molecule has 134 valence electrons. The number of benzene rings is 1. The van der Waals surface area contributed by atoms with Gasteiger partial charge in [0.25, 0.3) is 11.8 Å². The minimum absolute atomic E-state index is 0.0657. The fourth-order valence-electron chi connectivity index (χ4n) is 2.54. The third kappa shape index (κ3) is 3.33. The number of hydrogen-bond acceptors (Lipinski definition) is 6. The lowest BCUT2D eigenvalue weighted by Crippen LogP contribution is -2.25. The highest BCUT2D eigenvalue weighted by Crippen LogP contribution is 2.16. The summed E-state index contributed by atoms with van der Waals surface area (Å²) in [7, 11) is 1.47. The summed E-state index contributed by atoms with van der Waals surface area (Å²) < 4.78 is 6.31. The molecule has 9 nitrogen and oxygen atoms in total. The number of aromatic hydroxyl groups is 1. The van der Waals surface area contributed by atoms with Crippen molar-refractivity contribution in [3.05, 3.63) is 59.0 Å². The van der Waals surface area contributed by atoms with Crippen LogP contribution in [0.4, 0.5) is 0 Å². The predicted molar refractivity (Wildman–Crippen MR) is 91.5 cm³/mol. The largest absolute Gasteiger partial charge is 0.508 e. The van der Waals surface area contributed by atoms with Crippen LogP contribution in [0.1, 0.15) is 32.1 Å². The minimum Gasteiger partial charge on any atom is -0.508 e. The number of nitrogens with two attached hydrogens (primary N) is 1. The lowest BCUT2D eigenvalue weighted by Gasteiger charge is -2.07. The van der Waals surface area contributed by atoms with Gasteiger partial charge in [0.05, 0.1) is 6.61 Å². The third-order valence-electron chi connectivity index (χ3n) is 3.74. The molecular weight excluding hydrogens is 338 g/mol. The molecule has 2 amide bonds. The highest BCUT2D eigenvalue weighted by atomic mass is 16.5. The van der Waals surface area contributed by atoms with Gasteiger partial charge in [-0.3, -0.25) is 9.59 Å². The van der Waals surface area contributed by atoms with Crippen molar-refractivity contribution in [2.75, 3.05) is 7.11 Å². The molecule has 26 heavy (non-hydrogen) atoms. The standard InChI is InChI=1S/C17H17N5O4/c1-26-9-12-14(15(18)24)16-19-7-6-13(22(16)21-12)17(25)20-8-10-2-4-11(23)5-3-10/h2-7,23H,8-9H2,1H3,(H2,18,24)(H,20,25). The molecule has 0 saturated carbocycles. The van der Waals surface area contributed by atoms with Crippen molar-refractivity contribution in [3.8, 4) is 5.75 Å². The van der Waals surface area contributed by atoms with Crippen LogP contribution in [0.5, 0.6) is 5.75 Å². The summed E-state index contributed by atoms with van der Waals surface area (Å²) in [5, 5.41) is 16.3. The summed E-state index contributed by atoms with van der Waals surface area (Å²) in [6, 6.07) is 7.97. The minimum atomic E-state index is -0.693. The van der Waals surface area contributed by atoms with Crippen molar-refractivity contribution < 1.29 is 19.4 Å². The zero-order valence-corrected chi connectivity index (χ0v) is 14.0. The first-order chi connectivity index (χ1) is 12.5. The first-order valence-corrected chi connectivity index (χ1v) is 7.72. The first kappa shape index (κ1) is 17.4. The number of fused-ring (bicyclic) bond motifs is 1. The molecule has 0 spiro atoms. The normalized spacial score (nSPS) is 10.8. The molecule has 0 aliphatic carbocycles. The highest BCUT2D eigenvalue weighted by Gasteiger charge is 2.22. The fraction of sp³-hybridized carbons (Fsp3) is 0.176. The molecule has 2 heterocycles. The summed E-state index contributed by atoms with van der Waals surface area (Å²) >= 11 is 0. The molecule has 0 atom stereocenters. The Bertz CT molecular complexity index is 965. The number of nitrogens with zero attached hydrogens (tertiary/aromatic N) is 3. The Morgan fingerprint density at radius 1 is 1.27 bits per heavy atom. The zero-order chi connectivity index (χ0) is 18.7. The van der Waals surface area contributed by atoms with E-state index in [1.54, 1.807) is 12.1 Å². The zero-order valence-electron chi connectivity index (χ0n) is 14.0. The van der Waals surface area contributed by atoms with E-state index in [0.717, 1.165) is 5.56 Å². The number of rotatable bonds is 6. The highest BCUT2D eigenvalue weighted by molar-refractivity contribution is 6.01. The second kappa shape index (κ2) is 7.19. The van der Waals surface area contributed by atoms with E-state index in [2.05, 4.69) is 15.4 Å². The molecule has 0 fully saturated rings. The molecule has 0 radical (unpaired) electrons. The van der Waals surface area contributed by atoms with E-state index in [0.29, 0.717) is 5.69 Å². The topological polar surface area (TPSA) is 132 Å². The summed E-state index contributed by atoms with van der Waals surface area (Å²) in [5.74, 6) is -0.939. The number of carbonyl (C=O) groups is 2. The molecule has 1 aromatic carbocycles. The molecule has 0 aliphatic heterocycles. The Morgan fingerprint density at radius 2 is 2.00 bits per heavy atom. The van der Waals surface area contributed by atoms with Gasteiger partial charge in [-0.1, -0.05) is 12.1 Å². The molecule has 4 N–H and O–H groups in total. The van der Waals surface area contributed by atoms with E-state index in [4.69, 9.17) is 10.5 Å². The van der Waals surface area contributed by atoms with Crippen LogP contribution in [0.25, 0.3) is 5.65 Å². The van der Waals surface area contributed by atoms with Crippen molar-refractivity contribution >= 4 is 17.5 Å². The lowest BCUT2D eigenvalue weighted by molar-refractivity contribution is 0.0941. The van der Waals surface area contributed by atoms with Crippen molar-refractivity contribution in [2.45, 2.75) is 13.2 Å². The van der Waals surface area contributed by atoms with Gasteiger partial charge >= 0.3 is 0 Å². The van der Waals surface area contributed by atoms with E-state index in [1.807, 2.05) is 0 Å². The molecular formula is C17H17N5O4. The van der Waals surface area contributed by atoms with Crippen LogP contribution < -0.4 is 11.1 Å². The smallest absolute Gasteiger partial charge is 0.270 e. The van der Waals surface area contributed by atoms with Crippen molar-refractivity contribution in [2.24, 2.45) is 5.73 Å². The van der Waals surface area contributed by atoms with Crippen LogP contribution in [-0.2, 0) is 17.9 Å². The van der Waals surface area contributed by atoms with E-state index >= 15 is 0 Å². The second-order valence-corrected chi connectivity index (χ2v) is 5.53. The van der Waals surface area contributed by atoms with Crippen LogP contribution in [-0.4, -0.2) is 38.6 Å². The lowest BCUT2D eigenvalue weighted by atomic mass is 10.2. The Balaban J connectivity index is 1.91. The van der Waals surface area contributed by atoms with Crippen molar-refractivity contribution in [1.82, 2.24) is 19.9 Å². The number of phenols is 1. The summed E-state index contributed by atoms with van der Waals surface area (Å²) in [6.07, 6.45) is 1.41. The van der Waals surface area contributed by atoms with Gasteiger partial charge in [0.15, 0.2) is 5.65 Å². The molecule has 0 saturated heterocycles. The quantitative estimate of drug-likeness (QED) is 0.593. The maximum Gasteiger partial charge on any atom is 0.270 e. The monoisotopic (exact) mass is 355 g/mol. The molecule has 0 aliphatic rings. The van der Waals surface area contributed by atoms with E-state index in [9.17, 15) is 14.7 Å². The van der Waals surface area contributed by atoms with Crippen LogP contribution in [0, 0.1) is 0 Å². The fourth-order valence-corrected chi connectivity index (χ4v) is 2.54. The van der Waals surface area contributed by atoms with Gasteiger partial charge in [0.1, 0.15) is 22.7 Å². The Labute approximate surface area is 148 Å². The van der Waals surface area contributed by atoms with Gasteiger partial charge in [-0.2, -0.15) is 5.10 Å². The molecule has 3 rings (SSSR count). The SMILES string of the molecule is COCc1nn2c(C(=O)NCc3ccc(O)cc3)ccnc2c1C(N)=O. The van der Waals surface area contributed by atoms with Crippen molar-refractivity contribution in [3.63, 3.8) is 0 Å². The number of hydrogen-bond donors (Lipinski definition) is 3. The summed E-state index contributed by atoms with van der Waals surface area (Å²) in [5.41, 5.74) is 7.08. The van der Waals surface area contributed by atoms with Gasteiger partial charge in [-0.05, 0) is 23.8 Å². The van der Waals surface area contributed by atoms with Crippen molar-refractivity contribution in [1.29, 1.82) is 0 Å². The number of primary amides is 1. The van der Waals surface area contributed by atoms with Gasteiger partial charge < -0.3 is 20.9 Å². The van der Waals surface area contributed by atoms with Crippen LogP contribution >= 0.6 is 0 Å². The van der Waals surface area contributed by atoms with E-state index in [1.165, 1.54) is 36.0 Å². The van der Waals surface area contributed by atoms with Crippen LogP contribution in [0.2, 0.25) is 0 Å². The maximum atomic E-state index is 12.6. The maximum absolute atomic E-state index is 12.6. The predicted octanol–water partition coefficient (Wildman–Crippen LogP) is 0.610. The first-order valence-electron chi connectivity index (χ1n) is 7.72. The summed E-state index contributed by atoms with van der Waals surface area (Å²) in [6.45, 7) is 0.327. The molecule has 2 aromatic heterocycles. The number of nitrogens with one attached hydrogen (secondary N) is 1. The van der Waals surface area contributed by atoms with Gasteiger partial charge in [0, 0.05) is 19.9 Å². The molecule has 0 bridgehead atoms. The Hall–Kier alpha value is -3.46. The average molecular weight is 355 g/mol. The molecule has 3 aromatic rings. The number of carbonyl (C=O) groups excluding carboxylic acids is 2. The number of methoxy groups -OCH3 is 1. The number of ether oxygens (including phenoxy) is 1. The van der Waals surface area contributed by atoms with Gasteiger partial charge in [-0.15, -0.1) is 0 Å². The van der Waals surface area contributed by atoms with Gasteiger partial charge in [0.2, 0.25) is 0 Å². The number of phenolic OH excluding ortho intramolecular Hbond substituents is 1. The third-order valence-corrected chi connectivity index (χ3v) is 3.74. The number of aromatic nitrogens is 3. The van der Waals surface area contributed by atoms with Crippen LogP contribution in [0.15, 0.2) is 36.5 Å². The summed E-state index contributed by atoms with van der Waals surface area (Å²) in [4.78, 5) is 28.4. The van der Waals surface area contributed by atoms with E-state index < -0.39 is 11.8 Å². The molecule has 9 heteroatoms. The molecule has 0 unspecified atom stereocenters. The Kier molecular flexibility index (Phi) is 4.81. The second-order valence-electron chi connectivity index (χ2n) is 5.53. The Morgan fingerprint density at radius 3 is 2.65 bits per heavy atom. The van der Waals surface area contributed by atoms with Crippen LogP contribution in [0.3, 0.4) is 0 Å². The number of amides is 2.